The average molecular weight is 689 g/mol. The van der Waals surface area contributed by atoms with E-state index in [-0.39, 0.29) is 24.8 Å². The van der Waals surface area contributed by atoms with Crippen molar-refractivity contribution in [2.45, 2.75) is 96.1 Å². The predicted molar refractivity (Wildman–Crippen MR) is 176 cm³/mol. The molecule has 1 aromatic heterocycles. The van der Waals surface area contributed by atoms with Gasteiger partial charge in [-0.1, -0.05) is 31.0 Å². The third-order valence-electron chi connectivity index (χ3n) is 9.16. The van der Waals surface area contributed by atoms with Crippen LogP contribution < -0.4 is 20.1 Å². The maximum absolute atomic E-state index is 14.5. The van der Waals surface area contributed by atoms with Gasteiger partial charge < -0.3 is 39.6 Å². The maximum atomic E-state index is 14.5. The number of halogens is 1. The van der Waals surface area contributed by atoms with E-state index >= 15 is 0 Å². The zero-order valence-corrected chi connectivity index (χ0v) is 28.8. The van der Waals surface area contributed by atoms with Crippen molar-refractivity contribution in [3.05, 3.63) is 29.3 Å². The Hall–Kier alpha value is -3.84. The quantitative estimate of drug-likeness (QED) is 0.310. The molecule has 0 radical (unpaired) electrons. The number of aliphatic carboxylic acids is 1. The second-order valence-electron chi connectivity index (χ2n) is 13.7. The number of likely N-dealkylation sites (tertiary alicyclic amines) is 1. The number of hydrogen-bond donors (Lipinski definition) is 3. The van der Waals surface area contributed by atoms with Crippen LogP contribution >= 0.6 is 11.6 Å². The van der Waals surface area contributed by atoms with E-state index < -0.39 is 53.2 Å². The molecule has 262 valence electrons. The SMILES string of the molecule is CCOc1cc(OC2CC(C(=O)NC3(C(=O)O)CC3CC)N(C(=O)C(NC(=O)OC(C)(C)C)C3CCOCC3)C2)c2cccc(Cl)c2n1. The smallest absolute Gasteiger partial charge is 0.408 e. The topological polar surface area (TPSA) is 166 Å². The molecule has 1 aromatic carbocycles. The molecule has 5 atom stereocenters. The van der Waals surface area contributed by atoms with Crippen molar-refractivity contribution in [3.63, 3.8) is 0 Å². The predicted octanol–water partition coefficient (Wildman–Crippen LogP) is 4.32. The molecule has 3 aliphatic rings. The van der Waals surface area contributed by atoms with E-state index in [1.54, 1.807) is 39.0 Å². The minimum Gasteiger partial charge on any atom is -0.488 e. The monoisotopic (exact) mass is 688 g/mol. The third-order valence-corrected chi connectivity index (χ3v) is 9.47. The molecule has 5 rings (SSSR count). The van der Waals surface area contributed by atoms with Gasteiger partial charge >= 0.3 is 12.1 Å². The number of pyridine rings is 1. The van der Waals surface area contributed by atoms with Crippen molar-refractivity contribution in [1.82, 2.24) is 20.5 Å². The van der Waals surface area contributed by atoms with Crippen LogP contribution in [-0.2, 0) is 23.9 Å². The summed E-state index contributed by atoms with van der Waals surface area (Å²) in [6.07, 6.45) is 0.560. The van der Waals surface area contributed by atoms with Crippen LogP contribution in [0.2, 0.25) is 5.02 Å². The minimum atomic E-state index is -1.39. The van der Waals surface area contributed by atoms with Gasteiger partial charge in [0.15, 0.2) is 0 Å². The number of amides is 3. The first kappa shape index (κ1) is 35.5. The lowest BCUT2D eigenvalue weighted by atomic mass is 9.90. The number of para-hydroxylation sites is 1. The molecule has 1 aliphatic carbocycles. The molecule has 3 amide bonds. The Morgan fingerprint density at radius 2 is 1.92 bits per heavy atom. The van der Waals surface area contributed by atoms with Crippen LogP contribution in [0.4, 0.5) is 4.79 Å². The molecule has 3 N–H and O–H groups in total. The highest BCUT2D eigenvalue weighted by Crippen LogP contribution is 2.46. The van der Waals surface area contributed by atoms with E-state index in [4.69, 9.17) is 30.5 Å². The molecule has 14 heteroatoms. The lowest BCUT2D eigenvalue weighted by molar-refractivity contribution is -0.146. The highest BCUT2D eigenvalue weighted by Gasteiger charge is 2.61. The molecule has 2 aliphatic heterocycles. The van der Waals surface area contributed by atoms with E-state index in [1.807, 2.05) is 19.9 Å². The largest absolute Gasteiger partial charge is 0.488 e. The van der Waals surface area contributed by atoms with Crippen LogP contribution in [0.1, 0.15) is 66.7 Å². The first-order valence-electron chi connectivity index (χ1n) is 16.6. The average Bonchev–Trinajstić information content (AvgIpc) is 3.59. The molecule has 2 aromatic rings. The first-order chi connectivity index (χ1) is 22.8. The number of alkyl carbamates (subject to hydrolysis) is 1. The Morgan fingerprint density at radius 3 is 2.54 bits per heavy atom. The van der Waals surface area contributed by atoms with Crippen LogP contribution in [-0.4, -0.2) is 94.6 Å². The number of carbonyl (C=O) groups is 4. The van der Waals surface area contributed by atoms with Gasteiger partial charge in [-0.15, -0.1) is 0 Å². The summed E-state index contributed by atoms with van der Waals surface area (Å²) in [6.45, 7) is 10.1. The number of carboxylic acid groups (broad SMARTS) is 1. The number of hydrogen-bond acceptors (Lipinski definition) is 9. The normalized spacial score (nSPS) is 24.9. The standard InChI is InChI=1S/C34H45ClN4O9/c1-6-20-17-34(20,31(42)43)38-29(40)24-15-21(47-25-16-26(46-7-2)36-28-22(25)9-8-10-23(28)35)18-39(24)30(41)27(19-11-13-45-14-12-19)37-32(44)48-33(3,4)5/h8-10,16,19-21,24,27H,6-7,11-15,17-18H2,1-5H3,(H,37,44)(H,38,40)(H,42,43). The summed E-state index contributed by atoms with van der Waals surface area (Å²) in [5.41, 5.74) is -1.72. The number of ether oxygens (including phenoxy) is 4. The Kier molecular flexibility index (Phi) is 10.6. The van der Waals surface area contributed by atoms with Gasteiger partial charge in [0.2, 0.25) is 17.7 Å². The summed E-state index contributed by atoms with van der Waals surface area (Å²) in [7, 11) is 0. The van der Waals surface area contributed by atoms with Gasteiger partial charge in [0.05, 0.1) is 23.7 Å². The zero-order chi connectivity index (χ0) is 34.8. The van der Waals surface area contributed by atoms with E-state index in [9.17, 15) is 24.3 Å². The van der Waals surface area contributed by atoms with Crippen molar-refractivity contribution < 1.29 is 43.2 Å². The Morgan fingerprint density at radius 1 is 1.19 bits per heavy atom. The summed E-state index contributed by atoms with van der Waals surface area (Å²) in [6, 6.07) is 4.85. The third kappa shape index (κ3) is 7.72. The number of rotatable bonds is 11. The molecule has 3 heterocycles. The lowest BCUT2D eigenvalue weighted by Crippen LogP contribution is -2.58. The number of benzene rings is 1. The molecule has 5 unspecified atom stereocenters. The Bertz CT molecular complexity index is 1540. The maximum Gasteiger partial charge on any atom is 0.408 e. The Balaban J connectivity index is 1.47. The fourth-order valence-corrected chi connectivity index (χ4v) is 6.89. The van der Waals surface area contributed by atoms with Crippen LogP contribution in [0.15, 0.2) is 24.3 Å². The van der Waals surface area contributed by atoms with Crippen LogP contribution in [0.5, 0.6) is 11.6 Å². The number of nitrogens with one attached hydrogen (secondary N) is 2. The van der Waals surface area contributed by atoms with Crippen LogP contribution in [0, 0.1) is 11.8 Å². The Labute approximate surface area is 284 Å². The van der Waals surface area contributed by atoms with Gasteiger partial charge in [0.1, 0.15) is 35.1 Å². The molecule has 48 heavy (non-hydrogen) atoms. The number of fused-ring (bicyclic) bond motifs is 1. The molecule has 3 fully saturated rings. The molecular formula is C34H45ClN4O9. The van der Waals surface area contributed by atoms with Gasteiger partial charge in [-0.2, -0.15) is 0 Å². The molecule has 0 spiro atoms. The summed E-state index contributed by atoms with van der Waals surface area (Å²) in [4.78, 5) is 59.7. The van der Waals surface area contributed by atoms with Gasteiger partial charge in [-0.05, 0) is 70.9 Å². The highest BCUT2D eigenvalue weighted by atomic mass is 35.5. The summed E-state index contributed by atoms with van der Waals surface area (Å²) < 4.78 is 23.2. The number of aromatic nitrogens is 1. The molecule has 13 nitrogen and oxygen atoms in total. The van der Waals surface area contributed by atoms with Gasteiger partial charge in [0.25, 0.3) is 0 Å². The fourth-order valence-electron chi connectivity index (χ4n) is 6.67. The zero-order valence-electron chi connectivity index (χ0n) is 28.0. The van der Waals surface area contributed by atoms with Crippen molar-refractivity contribution >= 4 is 46.4 Å². The van der Waals surface area contributed by atoms with Crippen LogP contribution in [0.25, 0.3) is 10.9 Å². The van der Waals surface area contributed by atoms with E-state index in [2.05, 4.69) is 15.6 Å². The van der Waals surface area contributed by atoms with Crippen molar-refractivity contribution in [1.29, 1.82) is 0 Å². The molecule has 0 bridgehead atoms. The van der Waals surface area contributed by atoms with E-state index in [0.717, 1.165) is 0 Å². The van der Waals surface area contributed by atoms with Gasteiger partial charge in [0, 0.05) is 31.1 Å². The first-order valence-corrected chi connectivity index (χ1v) is 17.0. The summed E-state index contributed by atoms with van der Waals surface area (Å²) in [5, 5.41) is 16.6. The second-order valence-corrected chi connectivity index (χ2v) is 14.1. The lowest BCUT2D eigenvalue weighted by Gasteiger charge is -2.35. The molecular weight excluding hydrogens is 644 g/mol. The summed E-state index contributed by atoms with van der Waals surface area (Å²) >= 11 is 6.47. The van der Waals surface area contributed by atoms with Crippen LogP contribution in [0.3, 0.4) is 0 Å². The minimum absolute atomic E-state index is 0.00172. The second kappa shape index (κ2) is 14.3. The highest BCUT2D eigenvalue weighted by molar-refractivity contribution is 6.35. The van der Waals surface area contributed by atoms with Crippen molar-refractivity contribution in [2.75, 3.05) is 26.4 Å². The summed E-state index contributed by atoms with van der Waals surface area (Å²) in [5.74, 6) is -1.96. The number of carbonyl (C=O) groups excluding carboxylic acids is 3. The molecule has 1 saturated carbocycles. The fraction of sp³-hybridized carbons (Fsp3) is 0.618. The van der Waals surface area contributed by atoms with Gasteiger partial charge in [-0.3, -0.25) is 9.59 Å². The molecule has 2 saturated heterocycles. The number of nitrogens with zero attached hydrogens (tertiary/aromatic N) is 2. The van der Waals surface area contributed by atoms with E-state index in [0.29, 0.717) is 73.1 Å². The van der Waals surface area contributed by atoms with Gasteiger partial charge in [-0.25, -0.2) is 14.6 Å². The number of carboxylic acids is 1. The van der Waals surface area contributed by atoms with Crippen molar-refractivity contribution in [2.24, 2.45) is 11.8 Å². The van der Waals surface area contributed by atoms with Crippen molar-refractivity contribution in [3.8, 4) is 11.6 Å². The van der Waals surface area contributed by atoms with E-state index in [1.165, 1.54) is 4.90 Å².